The van der Waals surface area contributed by atoms with Crippen LogP contribution in [0, 0.1) is 0 Å². The number of hydrogen-bond donors (Lipinski definition) is 0. The van der Waals surface area contributed by atoms with E-state index >= 15 is 0 Å². The van der Waals surface area contributed by atoms with Crippen molar-refractivity contribution in [3.05, 3.63) is 48.5 Å². The number of benzene rings is 2. The summed E-state index contributed by atoms with van der Waals surface area (Å²) in [5.41, 5.74) is 1.36. The Bertz CT molecular complexity index is 585. The highest BCUT2D eigenvalue weighted by molar-refractivity contribution is 5.64. The van der Waals surface area contributed by atoms with Crippen molar-refractivity contribution in [1.29, 1.82) is 0 Å². The molecule has 0 atom stereocenters. The van der Waals surface area contributed by atoms with Gasteiger partial charge in [-0.1, -0.05) is 24.3 Å². The van der Waals surface area contributed by atoms with Gasteiger partial charge in [-0.05, 0) is 35.4 Å². The molecule has 0 N–H and O–H groups in total. The van der Waals surface area contributed by atoms with Gasteiger partial charge in [-0.15, -0.1) is 0 Å². The first-order chi connectivity index (χ1) is 11.1. The van der Waals surface area contributed by atoms with Gasteiger partial charge in [0, 0.05) is 0 Å². The molecule has 0 bridgehead atoms. The van der Waals surface area contributed by atoms with E-state index in [9.17, 15) is 26.3 Å². The zero-order valence-electron chi connectivity index (χ0n) is 12.1. The van der Waals surface area contributed by atoms with Gasteiger partial charge in [0.2, 0.25) is 0 Å². The highest BCUT2D eigenvalue weighted by Gasteiger charge is 2.29. The van der Waals surface area contributed by atoms with Crippen LogP contribution in [-0.2, 0) is 0 Å². The standard InChI is InChI=1S/C16H12F6O2/c17-15(18,19)9-23-13-5-1-11(2-6-13)12-3-7-14(8-4-12)24-10-16(20,21)22/h1-8H,9-10H2. The fraction of sp³-hybridized carbons (Fsp3) is 0.250. The third-order valence-corrected chi connectivity index (χ3v) is 2.85. The lowest BCUT2D eigenvalue weighted by Crippen LogP contribution is -2.19. The van der Waals surface area contributed by atoms with Crippen LogP contribution < -0.4 is 9.47 Å². The van der Waals surface area contributed by atoms with Crippen molar-refractivity contribution in [3.63, 3.8) is 0 Å². The zero-order chi connectivity index (χ0) is 17.8. The van der Waals surface area contributed by atoms with Gasteiger partial charge in [-0.3, -0.25) is 0 Å². The van der Waals surface area contributed by atoms with Crippen molar-refractivity contribution in [2.24, 2.45) is 0 Å². The Kier molecular flexibility index (Phi) is 5.26. The molecule has 0 saturated carbocycles. The second kappa shape index (κ2) is 7.02. The van der Waals surface area contributed by atoms with E-state index < -0.39 is 25.6 Å². The molecule has 0 fully saturated rings. The molecule has 0 aliphatic heterocycles. The van der Waals surface area contributed by atoms with Crippen LogP contribution in [0.15, 0.2) is 48.5 Å². The molecule has 0 unspecified atom stereocenters. The molecule has 2 aromatic rings. The van der Waals surface area contributed by atoms with E-state index in [4.69, 9.17) is 0 Å². The summed E-state index contributed by atoms with van der Waals surface area (Å²) in [7, 11) is 0. The summed E-state index contributed by atoms with van der Waals surface area (Å²) < 4.78 is 81.5. The van der Waals surface area contributed by atoms with Crippen LogP contribution >= 0.6 is 0 Å². The topological polar surface area (TPSA) is 18.5 Å². The van der Waals surface area contributed by atoms with Gasteiger partial charge in [0.1, 0.15) is 11.5 Å². The van der Waals surface area contributed by atoms with Crippen molar-refractivity contribution in [2.75, 3.05) is 13.2 Å². The molecule has 8 heteroatoms. The summed E-state index contributed by atoms with van der Waals surface area (Å²) in [6.45, 7) is -2.75. The molecule has 2 rings (SSSR count). The molecule has 0 aromatic heterocycles. The average Bonchev–Trinajstić information content (AvgIpc) is 2.51. The van der Waals surface area contributed by atoms with Crippen LogP contribution in [0.1, 0.15) is 0 Å². The number of hydrogen-bond acceptors (Lipinski definition) is 2. The maximum atomic E-state index is 12.1. The Labute approximate surface area is 133 Å². The van der Waals surface area contributed by atoms with Crippen LogP contribution in [0.25, 0.3) is 11.1 Å². The summed E-state index contributed by atoms with van der Waals surface area (Å²) in [5, 5.41) is 0. The molecule has 0 spiro atoms. The molecule has 24 heavy (non-hydrogen) atoms. The highest BCUT2D eigenvalue weighted by atomic mass is 19.4. The van der Waals surface area contributed by atoms with E-state index in [0.717, 1.165) is 0 Å². The summed E-state index contributed by atoms with van der Waals surface area (Å²) >= 11 is 0. The minimum absolute atomic E-state index is 0.0706. The SMILES string of the molecule is FC(F)(F)COc1ccc(-c2ccc(OCC(F)(F)F)cc2)cc1. The first-order valence-electron chi connectivity index (χ1n) is 6.72. The summed E-state index contributed by atoms with van der Waals surface area (Å²) in [6, 6.07) is 11.7. The van der Waals surface area contributed by atoms with Crippen LogP contribution in [0.3, 0.4) is 0 Å². The molecule has 0 saturated heterocycles. The Hall–Kier alpha value is -2.38. The van der Waals surface area contributed by atoms with Gasteiger partial charge < -0.3 is 9.47 Å². The third-order valence-electron chi connectivity index (χ3n) is 2.85. The normalized spacial score (nSPS) is 12.1. The van der Waals surface area contributed by atoms with Gasteiger partial charge in [-0.25, -0.2) is 0 Å². The van der Waals surface area contributed by atoms with Gasteiger partial charge >= 0.3 is 12.4 Å². The smallest absolute Gasteiger partial charge is 0.422 e. The third kappa shape index (κ3) is 6.02. The largest absolute Gasteiger partial charge is 0.484 e. The fourth-order valence-electron chi connectivity index (χ4n) is 1.82. The zero-order valence-corrected chi connectivity index (χ0v) is 12.1. The van der Waals surface area contributed by atoms with E-state index in [1.807, 2.05) is 0 Å². The van der Waals surface area contributed by atoms with Gasteiger partial charge in [0.25, 0.3) is 0 Å². The predicted molar refractivity (Wildman–Crippen MR) is 75.0 cm³/mol. The monoisotopic (exact) mass is 350 g/mol. The maximum Gasteiger partial charge on any atom is 0.422 e. The first-order valence-corrected chi connectivity index (χ1v) is 6.72. The lowest BCUT2D eigenvalue weighted by atomic mass is 10.1. The predicted octanol–water partition coefficient (Wildman–Crippen LogP) is 5.24. The molecule has 0 radical (unpaired) electrons. The lowest BCUT2D eigenvalue weighted by Gasteiger charge is -2.11. The van der Waals surface area contributed by atoms with Crippen molar-refractivity contribution >= 4 is 0 Å². The summed E-state index contributed by atoms with van der Waals surface area (Å²) in [5.74, 6) is 0.141. The molecule has 2 aromatic carbocycles. The van der Waals surface area contributed by atoms with Crippen LogP contribution in [0.4, 0.5) is 26.3 Å². The quantitative estimate of drug-likeness (QED) is 0.687. The molecule has 2 nitrogen and oxygen atoms in total. The van der Waals surface area contributed by atoms with Crippen LogP contribution in [0.2, 0.25) is 0 Å². The van der Waals surface area contributed by atoms with Crippen LogP contribution in [-0.4, -0.2) is 25.6 Å². The summed E-state index contributed by atoms with van der Waals surface area (Å²) in [6.07, 6.45) is -8.82. The number of ether oxygens (including phenoxy) is 2. The molecule has 0 aliphatic carbocycles. The van der Waals surface area contributed by atoms with Crippen molar-refractivity contribution in [1.82, 2.24) is 0 Å². The van der Waals surface area contributed by atoms with E-state index in [-0.39, 0.29) is 11.5 Å². The number of rotatable bonds is 5. The van der Waals surface area contributed by atoms with Crippen molar-refractivity contribution < 1.29 is 35.8 Å². The maximum absolute atomic E-state index is 12.1. The Morgan fingerprint density at radius 2 is 0.833 bits per heavy atom. The minimum atomic E-state index is -4.41. The average molecular weight is 350 g/mol. The number of alkyl halides is 6. The molecular weight excluding hydrogens is 338 g/mol. The van der Waals surface area contributed by atoms with Crippen molar-refractivity contribution in [3.8, 4) is 22.6 Å². The minimum Gasteiger partial charge on any atom is -0.484 e. The van der Waals surface area contributed by atoms with E-state index in [2.05, 4.69) is 9.47 Å². The Morgan fingerprint density at radius 3 is 1.08 bits per heavy atom. The van der Waals surface area contributed by atoms with Gasteiger partial charge in [-0.2, -0.15) is 26.3 Å². The summed E-state index contributed by atoms with van der Waals surface area (Å²) in [4.78, 5) is 0. The molecular formula is C16H12F6O2. The van der Waals surface area contributed by atoms with E-state index in [1.54, 1.807) is 24.3 Å². The first kappa shape index (κ1) is 18.0. The molecule has 0 aliphatic rings. The number of halogens is 6. The Balaban J connectivity index is 1.99. The van der Waals surface area contributed by atoms with E-state index in [1.165, 1.54) is 24.3 Å². The molecule has 0 amide bonds. The highest BCUT2D eigenvalue weighted by Crippen LogP contribution is 2.26. The van der Waals surface area contributed by atoms with E-state index in [0.29, 0.717) is 11.1 Å². The second-order valence-electron chi connectivity index (χ2n) is 4.86. The van der Waals surface area contributed by atoms with Gasteiger partial charge in [0.05, 0.1) is 0 Å². The second-order valence-corrected chi connectivity index (χ2v) is 4.86. The molecule has 130 valence electrons. The Morgan fingerprint density at radius 1 is 0.542 bits per heavy atom. The lowest BCUT2D eigenvalue weighted by molar-refractivity contribution is -0.154. The fourth-order valence-corrected chi connectivity index (χ4v) is 1.82. The molecule has 0 heterocycles. The van der Waals surface area contributed by atoms with Crippen molar-refractivity contribution in [2.45, 2.75) is 12.4 Å². The van der Waals surface area contributed by atoms with Gasteiger partial charge in [0.15, 0.2) is 13.2 Å². The van der Waals surface area contributed by atoms with Crippen LogP contribution in [0.5, 0.6) is 11.5 Å².